The minimum Gasteiger partial charge on any atom is -0.493 e. The van der Waals surface area contributed by atoms with Crippen molar-refractivity contribution in [3.05, 3.63) is 17.7 Å². The van der Waals surface area contributed by atoms with E-state index < -0.39 is 0 Å². The fraction of sp³-hybridized carbons (Fsp3) is 0.533. The van der Waals surface area contributed by atoms with Crippen molar-refractivity contribution in [1.29, 1.82) is 0 Å². The van der Waals surface area contributed by atoms with Gasteiger partial charge in [-0.15, -0.1) is 0 Å². The molecule has 2 N–H and O–H groups in total. The summed E-state index contributed by atoms with van der Waals surface area (Å²) in [5, 5.41) is 6.96. The van der Waals surface area contributed by atoms with Gasteiger partial charge in [0.25, 0.3) is 0 Å². The minimum absolute atomic E-state index is 0.260. The van der Waals surface area contributed by atoms with Crippen LogP contribution in [-0.2, 0) is 4.74 Å². The fourth-order valence-electron chi connectivity index (χ4n) is 2.29. The van der Waals surface area contributed by atoms with E-state index in [1.54, 1.807) is 14.2 Å². The molecule has 2 rings (SSSR count). The molecule has 1 saturated heterocycles. The lowest BCUT2D eigenvalue weighted by molar-refractivity contribution is 0.114. The maximum atomic E-state index is 5.56. The molecule has 0 saturated carbocycles. The second kappa shape index (κ2) is 7.47. The van der Waals surface area contributed by atoms with Gasteiger partial charge in [0.05, 0.1) is 20.3 Å². The van der Waals surface area contributed by atoms with Crippen molar-refractivity contribution in [3.8, 4) is 11.5 Å². The van der Waals surface area contributed by atoms with Crippen molar-refractivity contribution in [2.45, 2.75) is 25.9 Å². The molecule has 21 heavy (non-hydrogen) atoms. The summed E-state index contributed by atoms with van der Waals surface area (Å²) in [5.41, 5.74) is 1.94. The Morgan fingerprint density at radius 1 is 1.33 bits per heavy atom. The average molecular weight is 310 g/mol. The van der Waals surface area contributed by atoms with Crippen LogP contribution >= 0.6 is 12.2 Å². The number of nitrogens with one attached hydrogen (secondary N) is 2. The van der Waals surface area contributed by atoms with E-state index in [9.17, 15) is 0 Å². The fourth-order valence-corrected chi connectivity index (χ4v) is 2.49. The molecule has 1 aliphatic heterocycles. The van der Waals surface area contributed by atoms with Gasteiger partial charge in [-0.25, -0.2) is 0 Å². The van der Waals surface area contributed by atoms with Crippen LogP contribution < -0.4 is 20.1 Å². The first kappa shape index (κ1) is 15.9. The SMILES string of the molecule is COc1cc(C)c(NC(=S)NC[C@H]2CCCO2)cc1OC. The summed E-state index contributed by atoms with van der Waals surface area (Å²) in [4.78, 5) is 0. The standard InChI is InChI=1S/C15H22N2O3S/c1-10-7-13(18-2)14(19-3)8-12(10)17-15(21)16-9-11-5-4-6-20-11/h7-8,11H,4-6,9H2,1-3H3,(H2,16,17,21)/t11-/m1/s1. The van der Waals surface area contributed by atoms with E-state index >= 15 is 0 Å². The van der Waals surface area contributed by atoms with E-state index in [1.165, 1.54) is 0 Å². The molecule has 1 aromatic rings. The van der Waals surface area contributed by atoms with Gasteiger partial charge in [-0.05, 0) is 43.6 Å². The van der Waals surface area contributed by atoms with Gasteiger partial charge in [0, 0.05) is 24.9 Å². The molecule has 6 heteroatoms. The zero-order valence-corrected chi connectivity index (χ0v) is 13.5. The minimum atomic E-state index is 0.260. The molecule has 1 heterocycles. The molecule has 1 aromatic carbocycles. The Bertz CT molecular complexity index is 502. The predicted octanol–water partition coefficient (Wildman–Crippen LogP) is 2.48. The number of hydrogen-bond donors (Lipinski definition) is 2. The van der Waals surface area contributed by atoms with E-state index in [2.05, 4.69) is 10.6 Å². The molecule has 1 aliphatic rings. The Labute approximate surface area is 131 Å². The van der Waals surface area contributed by atoms with Crippen LogP contribution in [0.1, 0.15) is 18.4 Å². The number of aryl methyl sites for hydroxylation is 1. The summed E-state index contributed by atoms with van der Waals surface area (Å²) in [6.45, 7) is 3.58. The Hall–Kier alpha value is -1.53. The largest absolute Gasteiger partial charge is 0.493 e. The number of anilines is 1. The zero-order valence-electron chi connectivity index (χ0n) is 12.7. The lowest BCUT2D eigenvalue weighted by Crippen LogP contribution is -2.35. The van der Waals surface area contributed by atoms with Crippen molar-refractivity contribution in [2.75, 3.05) is 32.7 Å². The van der Waals surface area contributed by atoms with Gasteiger partial charge in [0.15, 0.2) is 16.6 Å². The zero-order chi connectivity index (χ0) is 15.2. The Morgan fingerprint density at radius 2 is 2.05 bits per heavy atom. The highest BCUT2D eigenvalue weighted by molar-refractivity contribution is 7.80. The first-order valence-corrected chi connectivity index (χ1v) is 7.44. The Balaban J connectivity index is 1.96. The smallest absolute Gasteiger partial charge is 0.170 e. The summed E-state index contributed by atoms with van der Waals surface area (Å²) in [6.07, 6.45) is 2.48. The van der Waals surface area contributed by atoms with Crippen LogP contribution in [0.3, 0.4) is 0 Å². The highest BCUT2D eigenvalue weighted by Crippen LogP contribution is 2.32. The summed E-state index contributed by atoms with van der Waals surface area (Å²) >= 11 is 5.32. The first-order chi connectivity index (χ1) is 10.1. The van der Waals surface area contributed by atoms with Crippen molar-refractivity contribution in [2.24, 2.45) is 0 Å². The number of benzene rings is 1. The summed E-state index contributed by atoms with van der Waals surface area (Å²) in [6, 6.07) is 3.80. The third kappa shape index (κ3) is 4.22. The van der Waals surface area contributed by atoms with Crippen LogP contribution in [0.15, 0.2) is 12.1 Å². The maximum Gasteiger partial charge on any atom is 0.170 e. The molecule has 0 unspecified atom stereocenters. The molecule has 0 bridgehead atoms. The van der Waals surface area contributed by atoms with Crippen LogP contribution in [-0.4, -0.2) is 38.6 Å². The van der Waals surface area contributed by atoms with Gasteiger partial charge in [0.2, 0.25) is 0 Å². The van der Waals surface area contributed by atoms with E-state index in [0.717, 1.165) is 37.2 Å². The molecule has 5 nitrogen and oxygen atoms in total. The van der Waals surface area contributed by atoms with E-state index in [1.807, 2.05) is 19.1 Å². The highest BCUT2D eigenvalue weighted by atomic mass is 32.1. The lowest BCUT2D eigenvalue weighted by atomic mass is 10.1. The summed E-state index contributed by atoms with van der Waals surface area (Å²) in [7, 11) is 3.24. The van der Waals surface area contributed by atoms with E-state index in [-0.39, 0.29) is 6.10 Å². The van der Waals surface area contributed by atoms with Crippen LogP contribution in [0.5, 0.6) is 11.5 Å². The molecule has 0 amide bonds. The Morgan fingerprint density at radius 3 is 2.67 bits per heavy atom. The topological polar surface area (TPSA) is 51.8 Å². The molecule has 116 valence electrons. The predicted molar refractivity (Wildman–Crippen MR) is 87.5 cm³/mol. The van der Waals surface area contributed by atoms with Crippen LogP contribution in [0.2, 0.25) is 0 Å². The van der Waals surface area contributed by atoms with Crippen molar-refractivity contribution in [3.63, 3.8) is 0 Å². The van der Waals surface area contributed by atoms with Crippen molar-refractivity contribution in [1.82, 2.24) is 5.32 Å². The number of rotatable bonds is 5. The molecule has 0 aromatic heterocycles. The molecule has 1 fully saturated rings. The van der Waals surface area contributed by atoms with Gasteiger partial charge >= 0.3 is 0 Å². The number of ether oxygens (including phenoxy) is 3. The lowest BCUT2D eigenvalue weighted by Gasteiger charge is -2.17. The highest BCUT2D eigenvalue weighted by Gasteiger charge is 2.15. The number of hydrogen-bond acceptors (Lipinski definition) is 4. The first-order valence-electron chi connectivity index (χ1n) is 7.03. The summed E-state index contributed by atoms with van der Waals surface area (Å²) in [5.74, 6) is 1.38. The van der Waals surface area contributed by atoms with Crippen LogP contribution in [0.4, 0.5) is 5.69 Å². The molecule has 1 atom stereocenters. The van der Waals surface area contributed by atoms with Crippen molar-refractivity contribution < 1.29 is 14.2 Å². The van der Waals surface area contributed by atoms with E-state index in [0.29, 0.717) is 16.6 Å². The van der Waals surface area contributed by atoms with Crippen molar-refractivity contribution >= 4 is 23.0 Å². The Kier molecular flexibility index (Phi) is 5.64. The van der Waals surface area contributed by atoms with E-state index in [4.69, 9.17) is 26.4 Å². The number of thiocarbonyl (C=S) groups is 1. The van der Waals surface area contributed by atoms with Gasteiger partial charge < -0.3 is 24.8 Å². The second-order valence-corrected chi connectivity index (χ2v) is 5.40. The van der Waals surface area contributed by atoms with Gasteiger partial charge in [-0.3, -0.25) is 0 Å². The van der Waals surface area contributed by atoms with Crippen LogP contribution in [0.25, 0.3) is 0 Å². The van der Waals surface area contributed by atoms with Gasteiger partial charge in [0.1, 0.15) is 0 Å². The molecule has 0 aliphatic carbocycles. The van der Waals surface area contributed by atoms with Crippen LogP contribution in [0, 0.1) is 6.92 Å². The normalized spacial score (nSPS) is 17.4. The molecular weight excluding hydrogens is 288 g/mol. The maximum absolute atomic E-state index is 5.56. The monoisotopic (exact) mass is 310 g/mol. The van der Waals surface area contributed by atoms with Gasteiger partial charge in [-0.2, -0.15) is 0 Å². The number of methoxy groups -OCH3 is 2. The quantitative estimate of drug-likeness (QED) is 0.815. The third-order valence-corrected chi connectivity index (χ3v) is 3.74. The van der Waals surface area contributed by atoms with Gasteiger partial charge in [-0.1, -0.05) is 0 Å². The second-order valence-electron chi connectivity index (χ2n) is 4.99. The molecule has 0 spiro atoms. The third-order valence-electron chi connectivity index (χ3n) is 3.49. The molecule has 0 radical (unpaired) electrons. The summed E-state index contributed by atoms with van der Waals surface area (Å²) < 4.78 is 16.1. The average Bonchev–Trinajstić information content (AvgIpc) is 3.00. The molecular formula is C15H22N2O3S.